The maximum Gasteiger partial charge on any atom is 0.304 e. The van der Waals surface area contributed by atoms with Crippen molar-refractivity contribution in [1.29, 1.82) is 0 Å². The van der Waals surface area contributed by atoms with Crippen molar-refractivity contribution < 1.29 is 24.5 Å². The monoisotopic (exact) mass is 304 g/mol. The first-order chi connectivity index (χ1) is 10.4. The molecule has 0 amide bonds. The number of phenols is 1. The van der Waals surface area contributed by atoms with Crippen LogP contribution in [0.4, 0.5) is 0 Å². The number of aliphatic carboxylic acids is 1. The number of hydrogen-bond acceptors (Lipinski definition) is 4. The fourth-order valence-electron chi connectivity index (χ4n) is 4.01. The van der Waals surface area contributed by atoms with Crippen molar-refractivity contribution in [2.24, 2.45) is 0 Å². The summed E-state index contributed by atoms with van der Waals surface area (Å²) in [6.07, 6.45) is 3.17. The fourth-order valence-corrected chi connectivity index (χ4v) is 4.01. The van der Waals surface area contributed by atoms with Gasteiger partial charge in [-0.15, -0.1) is 0 Å². The Morgan fingerprint density at radius 3 is 2.32 bits per heavy atom. The van der Waals surface area contributed by atoms with Gasteiger partial charge in [0.1, 0.15) is 18.0 Å². The van der Waals surface area contributed by atoms with Crippen molar-refractivity contribution in [3.63, 3.8) is 0 Å². The van der Waals surface area contributed by atoms with Gasteiger partial charge >= 0.3 is 5.97 Å². The van der Waals surface area contributed by atoms with Crippen LogP contribution >= 0.6 is 0 Å². The Hall–Kier alpha value is -1.91. The van der Waals surface area contributed by atoms with Crippen molar-refractivity contribution in [2.75, 3.05) is 0 Å². The SMILES string of the molecule is CC1Cc2c(c(O)c3c(c2C2(CC(=O)O)CC2)OC(C)C3)O1. The van der Waals surface area contributed by atoms with Gasteiger partial charge in [0, 0.05) is 34.9 Å². The Kier molecular flexibility index (Phi) is 2.69. The zero-order valence-electron chi connectivity index (χ0n) is 12.8. The van der Waals surface area contributed by atoms with Crippen LogP contribution in [0.1, 0.15) is 49.8 Å². The van der Waals surface area contributed by atoms with Gasteiger partial charge in [0.2, 0.25) is 0 Å². The summed E-state index contributed by atoms with van der Waals surface area (Å²) in [7, 11) is 0. The van der Waals surface area contributed by atoms with E-state index in [1.165, 1.54) is 0 Å². The van der Waals surface area contributed by atoms with E-state index in [-0.39, 0.29) is 29.8 Å². The number of carboxylic acid groups (broad SMARTS) is 1. The average Bonchev–Trinajstić information content (AvgIpc) is 2.90. The number of fused-ring (bicyclic) bond motifs is 2. The van der Waals surface area contributed by atoms with Crippen LogP contribution in [0.25, 0.3) is 0 Å². The van der Waals surface area contributed by atoms with E-state index in [0.29, 0.717) is 18.6 Å². The lowest BCUT2D eigenvalue weighted by Crippen LogP contribution is -2.17. The minimum atomic E-state index is -0.786. The second-order valence-electron chi connectivity index (χ2n) is 6.95. The first kappa shape index (κ1) is 13.7. The van der Waals surface area contributed by atoms with Crippen molar-refractivity contribution in [1.82, 2.24) is 0 Å². The van der Waals surface area contributed by atoms with Gasteiger partial charge in [0.15, 0.2) is 11.5 Å². The zero-order valence-corrected chi connectivity index (χ0v) is 12.8. The molecule has 118 valence electrons. The van der Waals surface area contributed by atoms with E-state index in [9.17, 15) is 15.0 Å². The average molecular weight is 304 g/mol. The summed E-state index contributed by atoms with van der Waals surface area (Å²) in [5, 5.41) is 19.8. The lowest BCUT2D eigenvalue weighted by atomic mass is 9.84. The van der Waals surface area contributed by atoms with Gasteiger partial charge in [-0.1, -0.05) is 0 Å². The predicted molar refractivity (Wildman–Crippen MR) is 78.9 cm³/mol. The molecule has 0 bridgehead atoms. The summed E-state index contributed by atoms with van der Waals surface area (Å²) >= 11 is 0. The minimum absolute atomic E-state index is 0.000211. The molecule has 22 heavy (non-hydrogen) atoms. The third-order valence-corrected chi connectivity index (χ3v) is 5.07. The topological polar surface area (TPSA) is 76.0 Å². The van der Waals surface area contributed by atoms with Gasteiger partial charge in [-0.2, -0.15) is 0 Å². The van der Waals surface area contributed by atoms with Crippen molar-refractivity contribution in [2.45, 2.75) is 63.6 Å². The minimum Gasteiger partial charge on any atom is -0.504 e. The van der Waals surface area contributed by atoms with Crippen LogP contribution < -0.4 is 9.47 Å². The highest BCUT2D eigenvalue weighted by Gasteiger charge is 2.52. The van der Waals surface area contributed by atoms with Crippen LogP contribution in [0, 0.1) is 0 Å². The first-order valence-corrected chi connectivity index (χ1v) is 7.87. The van der Waals surface area contributed by atoms with Crippen LogP contribution in [-0.2, 0) is 23.1 Å². The molecule has 1 aromatic carbocycles. The van der Waals surface area contributed by atoms with Crippen LogP contribution in [0.3, 0.4) is 0 Å². The molecule has 1 aromatic rings. The Balaban J connectivity index is 1.93. The van der Waals surface area contributed by atoms with Gasteiger partial charge < -0.3 is 19.7 Å². The molecule has 0 spiro atoms. The Labute approximate surface area is 128 Å². The molecule has 2 N–H and O–H groups in total. The third kappa shape index (κ3) is 1.81. The van der Waals surface area contributed by atoms with E-state index < -0.39 is 5.97 Å². The molecule has 0 radical (unpaired) electrons. The molecule has 1 aliphatic carbocycles. The molecule has 3 aliphatic rings. The highest BCUT2D eigenvalue weighted by Crippen LogP contribution is 2.61. The molecule has 2 unspecified atom stereocenters. The molecule has 2 atom stereocenters. The smallest absolute Gasteiger partial charge is 0.304 e. The second-order valence-corrected chi connectivity index (χ2v) is 6.95. The van der Waals surface area contributed by atoms with E-state index in [1.807, 2.05) is 13.8 Å². The molecule has 1 fully saturated rings. The molecule has 5 nitrogen and oxygen atoms in total. The third-order valence-electron chi connectivity index (χ3n) is 5.07. The maximum absolute atomic E-state index is 11.3. The molecule has 0 aromatic heterocycles. The van der Waals surface area contributed by atoms with Crippen molar-refractivity contribution >= 4 is 5.97 Å². The van der Waals surface area contributed by atoms with Crippen LogP contribution in [0.2, 0.25) is 0 Å². The van der Waals surface area contributed by atoms with Crippen molar-refractivity contribution in [3.8, 4) is 17.2 Å². The lowest BCUT2D eigenvalue weighted by Gasteiger charge is -2.21. The molecule has 1 saturated carbocycles. The highest BCUT2D eigenvalue weighted by molar-refractivity contribution is 5.74. The molecule has 4 rings (SSSR count). The van der Waals surface area contributed by atoms with Crippen LogP contribution in [-0.4, -0.2) is 28.4 Å². The Morgan fingerprint density at radius 1 is 1.14 bits per heavy atom. The number of ether oxygens (including phenoxy) is 2. The summed E-state index contributed by atoms with van der Waals surface area (Å²) in [5.41, 5.74) is 2.39. The highest BCUT2D eigenvalue weighted by atomic mass is 16.5. The summed E-state index contributed by atoms with van der Waals surface area (Å²) < 4.78 is 11.8. The van der Waals surface area contributed by atoms with E-state index >= 15 is 0 Å². The van der Waals surface area contributed by atoms with E-state index in [4.69, 9.17) is 9.47 Å². The van der Waals surface area contributed by atoms with Gasteiger partial charge in [-0.3, -0.25) is 4.79 Å². The standard InChI is InChI=1S/C17H20O5/c1-8-5-10-13(17(3-4-17)7-12(18)19)15-11(6-9(2)21-15)14(20)16(10)22-8/h8-9,20H,3-7H2,1-2H3,(H,18,19). The molecular weight excluding hydrogens is 284 g/mol. The largest absolute Gasteiger partial charge is 0.504 e. The van der Waals surface area contributed by atoms with E-state index in [1.54, 1.807) is 0 Å². The first-order valence-electron chi connectivity index (χ1n) is 7.87. The summed E-state index contributed by atoms with van der Waals surface area (Å²) in [5.74, 6) is 0.676. The summed E-state index contributed by atoms with van der Waals surface area (Å²) in [6, 6.07) is 0. The quantitative estimate of drug-likeness (QED) is 0.897. The predicted octanol–water partition coefficient (Wildman–Crippen LogP) is 2.55. The number of aromatic hydroxyl groups is 1. The van der Waals surface area contributed by atoms with Gasteiger partial charge in [0.05, 0.1) is 6.42 Å². The number of carbonyl (C=O) groups is 1. The van der Waals surface area contributed by atoms with Crippen LogP contribution in [0.15, 0.2) is 0 Å². The number of hydrogen-bond donors (Lipinski definition) is 2. The molecule has 0 saturated heterocycles. The molecule has 2 heterocycles. The number of benzene rings is 1. The summed E-state index contributed by atoms with van der Waals surface area (Å²) in [6.45, 7) is 3.93. The normalized spacial score (nSPS) is 26.8. The Bertz CT molecular complexity index is 635. The van der Waals surface area contributed by atoms with Crippen LogP contribution in [0.5, 0.6) is 17.2 Å². The lowest BCUT2D eigenvalue weighted by molar-refractivity contribution is -0.137. The molecule has 2 aliphatic heterocycles. The van der Waals surface area contributed by atoms with Crippen molar-refractivity contribution in [3.05, 3.63) is 16.7 Å². The van der Waals surface area contributed by atoms with Gasteiger partial charge in [-0.25, -0.2) is 0 Å². The zero-order chi connectivity index (χ0) is 15.6. The number of rotatable bonds is 3. The molecule has 5 heteroatoms. The fraction of sp³-hybridized carbons (Fsp3) is 0.588. The van der Waals surface area contributed by atoms with Gasteiger partial charge in [-0.05, 0) is 26.7 Å². The maximum atomic E-state index is 11.3. The van der Waals surface area contributed by atoms with E-state index in [0.717, 1.165) is 35.3 Å². The van der Waals surface area contributed by atoms with E-state index in [2.05, 4.69) is 0 Å². The summed E-state index contributed by atoms with van der Waals surface area (Å²) in [4.78, 5) is 11.3. The number of phenolic OH excluding ortho intramolecular Hbond substituents is 1. The second kappa shape index (κ2) is 4.31. The molecular formula is C17H20O5. The Morgan fingerprint density at radius 2 is 1.73 bits per heavy atom. The number of carboxylic acids is 1. The van der Waals surface area contributed by atoms with Gasteiger partial charge in [0.25, 0.3) is 0 Å².